The van der Waals surface area contributed by atoms with Gasteiger partial charge < -0.3 is 10.3 Å². The molecule has 1 aliphatic heterocycles. The first-order valence-electron chi connectivity index (χ1n) is 8.52. The molecule has 0 aromatic heterocycles. The second-order valence-electron chi connectivity index (χ2n) is 6.92. The normalized spacial score (nSPS) is 25.5. The Hall–Kier alpha value is -2.44. The first-order chi connectivity index (χ1) is 12.3. The lowest BCUT2D eigenvalue weighted by Gasteiger charge is -2.21. The molecule has 2 aliphatic rings. The van der Waals surface area contributed by atoms with Gasteiger partial charge in [0.15, 0.2) is 0 Å². The highest BCUT2D eigenvalue weighted by Gasteiger charge is 2.45. The summed E-state index contributed by atoms with van der Waals surface area (Å²) in [4.78, 5) is 13.9. The predicted molar refractivity (Wildman–Crippen MR) is 92.6 cm³/mol. The van der Waals surface area contributed by atoms with Gasteiger partial charge >= 0.3 is 6.18 Å². The van der Waals surface area contributed by atoms with Crippen LogP contribution in [0.15, 0.2) is 36.4 Å². The molecule has 1 saturated carbocycles. The smallest absolute Gasteiger partial charge is 0.337 e. The maximum absolute atomic E-state index is 13.3. The van der Waals surface area contributed by atoms with Crippen molar-refractivity contribution >= 4 is 17.8 Å². The molecule has 1 amide bonds. The zero-order valence-electron chi connectivity index (χ0n) is 14.1. The molecule has 1 unspecified atom stereocenters. The van der Waals surface area contributed by atoms with E-state index in [9.17, 15) is 18.0 Å². The number of likely N-dealkylation sites (tertiary alicyclic amines) is 1. The monoisotopic (exact) mass is 363 g/mol. The van der Waals surface area contributed by atoms with Gasteiger partial charge in [0.05, 0.1) is 5.56 Å². The SMILES string of the molecule is N=C/C=C\C(=N)C(=O)N1C[C@H]2CC(c3ccccc3C(F)(F)F)C[C@H]2C1. The number of halogens is 3. The van der Waals surface area contributed by atoms with Gasteiger partial charge in [0.1, 0.15) is 5.71 Å². The first kappa shape index (κ1) is 18.4. The minimum absolute atomic E-state index is 0.141. The van der Waals surface area contributed by atoms with Crippen molar-refractivity contribution in [3.63, 3.8) is 0 Å². The van der Waals surface area contributed by atoms with Crippen LogP contribution in [0.5, 0.6) is 0 Å². The standard InChI is InChI=1S/C19H20F3N3O/c20-19(21,22)16-5-2-1-4-15(16)12-8-13-10-25(11-14(13)9-12)18(26)17(24)6-3-7-23/h1-7,12-14,23-24H,8-11H2/b6-3-,23-7?,24-17?/t12?,13-,14+. The highest BCUT2D eigenvalue weighted by atomic mass is 19.4. The van der Waals surface area contributed by atoms with Gasteiger partial charge in [0.25, 0.3) is 5.91 Å². The van der Waals surface area contributed by atoms with Crippen LogP contribution in [0.4, 0.5) is 13.2 Å². The predicted octanol–water partition coefficient (Wildman–Crippen LogP) is 3.88. The highest BCUT2D eigenvalue weighted by Crippen LogP contribution is 2.48. The molecular weight excluding hydrogens is 343 g/mol. The van der Waals surface area contributed by atoms with Crippen LogP contribution in [0, 0.1) is 22.7 Å². The van der Waals surface area contributed by atoms with Gasteiger partial charge in [-0.25, -0.2) is 0 Å². The summed E-state index contributed by atoms with van der Waals surface area (Å²) < 4.78 is 39.8. The van der Waals surface area contributed by atoms with Crippen LogP contribution in [0.1, 0.15) is 29.9 Å². The van der Waals surface area contributed by atoms with E-state index in [0.717, 1.165) is 12.3 Å². The molecule has 3 rings (SSSR count). The van der Waals surface area contributed by atoms with Crippen LogP contribution >= 0.6 is 0 Å². The maximum Gasteiger partial charge on any atom is 0.416 e. The Bertz CT molecular complexity index is 743. The summed E-state index contributed by atoms with van der Waals surface area (Å²) in [7, 11) is 0. The molecule has 0 spiro atoms. The van der Waals surface area contributed by atoms with E-state index in [1.54, 1.807) is 17.0 Å². The van der Waals surface area contributed by atoms with E-state index in [2.05, 4.69) is 0 Å². The molecule has 7 heteroatoms. The third-order valence-corrected chi connectivity index (χ3v) is 5.33. The van der Waals surface area contributed by atoms with Crippen molar-refractivity contribution in [3.05, 3.63) is 47.5 Å². The fourth-order valence-electron chi connectivity index (χ4n) is 4.22. The largest absolute Gasteiger partial charge is 0.416 e. The Morgan fingerprint density at radius 1 is 1.15 bits per heavy atom. The second kappa shape index (κ2) is 7.05. The van der Waals surface area contributed by atoms with Crippen LogP contribution in [-0.4, -0.2) is 35.8 Å². The summed E-state index contributed by atoms with van der Waals surface area (Å²) in [5.41, 5.74) is -0.377. The molecule has 3 atom stereocenters. The van der Waals surface area contributed by atoms with E-state index >= 15 is 0 Å². The number of allylic oxidation sites excluding steroid dienone is 1. The number of nitrogens with one attached hydrogen (secondary N) is 2. The Morgan fingerprint density at radius 3 is 2.35 bits per heavy atom. The van der Waals surface area contributed by atoms with Gasteiger partial charge in [0.2, 0.25) is 0 Å². The Balaban J connectivity index is 1.68. The molecule has 0 bridgehead atoms. The molecule has 26 heavy (non-hydrogen) atoms. The van der Waals surface area contributed by atoms with Gasteiger partial charge in [-0.05, 0) is 54.4 Å². The Kier molecular flexibility index (Phi) is 4.98. The quantitative estimate of drug-likeness (QED) is 0.783. The number of carbonyl (C=O) groups excluding carboxylic acids is 1. The summed E-state index contributed by atoms with van der Waals surface area (Å²) in [6.07, 6.45) is 0.513. The van der Waals surface area contributed by atoms with Crippen molar-refractivity contribution in [2.45, 2.75) is 24.9 Å². The number of rotatable bonds is 4. The fourth-order valence-corrected chi connectivity index (χ4v) is 4.22. The highest BCUT2D eigenvalue weighted by molar-refractivity contribution is 6.42. The number of hydrogen-bond acceptors (Lipinski definition) is 3. The van der Waals surface area contributed by atoms with Gasteiger partial charge in [-0.2, -0.15) is 13.2 Å². The van der Waals surface area contributed by atoms with E-state index in [0.29, 0.717) is 31.5 Å². The molecule has 1 aromatic carbocycles. The summed E-state index contributed by atoms with van der Waals surface area (Å²) in [5.74, 6) is -0.184. The average molecular weight is 363 g/mol. The van der Waals surface area contributed by atoms with Gasteiger partial charge in [-0.3, -0.25) is 10.2 Å². The summed E-state index contributed by atoms with van der Waals surface area (Å²) in [6.45, 7) is 0.962. The van der Waals surface area contributed by atoms with E-state index in [-0.39, 0.29) is 29.4 Å². The molecule has 1 aromatic rings. The average Bonchev–Trinajstić information content (AvgIpc) is 3.17. The zero-order chi connectivity index (χ0) is 18.9. The summed E-state index contributed by atoms with van der Waals surface area (Å²) >= 11 is 0. The van der Waals surface area contributed by atoms with Crippen molar-refractivity contribution in [1.29, 1.82) is 10.8 Å². The first-order valence-corrected chi connectivity index (χ1v) is 8.52. The van der Waals surface area contributed by atoms with E-state index < -0.39 is 11.7 Å². The Labute approximate surface area is 149 Å². The Morgan fingerprint density at radius 2 is 1.77 bits per heavy atom. The van der Waals surface area contributed by atoms with Crippen LogP contribution in [0.25, 0.3) is 0 Å². The molecular formula is C19H20F3N3O. The van der Waals surface area contributed by atoms with Crippen molar-refractivity contribution in [1.82, 2.24) is 4.90 Å². The number of fused-ring (bicyclic) bond motifs is 1. The molecule has 2 fully saturated rings. The van der Waals surface area contributed by atoms with Gasteiger partial charge in [-0.15, -0.1) is 0 Å². The van der Waals surface area contributed by atoms with Crippen molar-refractivity contribution in [2.75, 3.05) is 13.1 Å². The number of nitrogens with zero attached hydrogens (tertiary/aromatic N) is 1. The van der Waals surface area contributed by atoms with E-state index in [1.165, 1.54) is 18.2 Å². The van der Waals surface area contributed by atoms with E-state index in [4.69, 9.17) is 10.8 Å². The lowest BCUT2D eigenvalue weighted by atomic mass is 9.91. The van der Waals surface area contributed by atoms with Crippen LogP contribution < -0.4 is 0 Å². The summed E-state index contributed by atoms with van der Waals surface area (Å²) in [5, 5.41) is 14.6. The van der Waals surface area contributed by atoms with Crippen molar-refractivity contribution in [3.8, 4) is 0 Å². The van der Waals surface area contributed by atoms with Crippen LogP contribution in [0.2, 0.25) is 0 Å². The summed E-state index contributed by atoms with van der Waals surface area (Å²) in [6, 6.07) is 5.76. The van der Waals surface area contributed by atoms with Gasteiger partial charge in [0, 0.05) is 19.3 Å². The number of carbonyl (C=O) groups is 1. The van der Waals surface area contributed by atoms with Crippen LogP contribution in [0.3, 0.4) is 0 Å². The molecule has 4 nitrogen and oxygen atoms in total. The minimum atomic E-state index is -4.35. The number of benzene rings is 1. The third kappa shape index (κ3) is 3.57. The second-order valence-corrected chi connectivity index (χ2v) is 6.92. The minimum Gasteiger partial charge on any atom is -0.337 e. The number of hydrogen-bond donors (Lipinski definition) is 2. The topological polar surface area (TPSA) is 68.0 Å². The molecule has 0 radical (unpaired) electrons. The maximum atomic E-state index is 13.3. The third-order valence-electron chi connectivity index (χ3n) is 5.33. The van der Waals surface area contributed by atoms with Crippen LogP contribution in [-0.2, 0) is 11.0 Å². The molecule has 138 valence electrons. The molecule has 2 N–H and O–H groups in total. The zero-order valence-corrected chi connectivity index (χ0v) is 14.1. The van der Waals surface area contributed by atoms with Crippen molar-refractivity contribution in [2.24, 2.45) is 11.8 Å². The lowest BCUT2D eigenvalue weighted by Crippen LogP contribution is -2.34. The van der Waals surface area contributed by atoms with Gasteiger partial charge in [-0.1, -0.05) is 18.2 Å². The lowest BCUT2D eigenvalue weighted by molar-refractivity contribution is -0.138. The fraction of sp³-hybridized carbons (Fsp3) is 0.421. The molecule has 1 saturated heterocycles. The molecule has 1 heterocycles. The molecule has 1 aliphatic carbocycles. The van der Waals surface area contributed by atoms with Crippen molar-refractivity contribution < 1.29 is 18.0 Å². The van der Waals surface area contributed by atoms with E-state index in [1.807, 2.05) is 0 Å². The number of amides is 1. The number of alkyl halides is 3.